The predicted octanol–water partition coefficient (Wildman–Crippen LogP) is 2.02. The van der Waals surface area contributed by atoms with Crippen LogP contribution in [0.25, 0.3) is 5.57 Å². The SMILES string of the molecule is C=C(CN)c1cccc(Cl)c1O. The van der Waals surface area contributed by atoms with E-state index in [0.717, 1.165) is 0 Å². The second-order valence-corrected chi connectivity index (χ2v) is 2.85. The Balaban J connectivity index is 3.16. The summed E-state index contributed by atoms with van der Waals surface area (Å²) in [5.41, 5.74) is 6.66. The molecule has 0 saturated heterocycles. The van der Waals surface area contributed by atoms with Crippen LogP contribution >= 0.6 is 11.6 Å². The van der Waals surface area contributed by atoms with E-state index >= 15 is 0 Å². The number of hydrogen-bond acceptors (Lipinski definition) is 2. The maximum Gasteiger partial charge on any atom is 0.141 e. The number of phenols is 1. The first-order valence-electron chi connectivity index (χ1n) is 3.52. The van der Waals surface area contributed by atoms with Crippen molar-refractivity contribution in [3.05, 3.63) is 35.4 Å². The van der Waals surface area contributed by atoms with Gasteiger partial charge in [0.25, 0.3) is 0 Å². The Labute approximate surface area is 76.3 Å². The molecule has 0 radical (unpaired) electrons. The van der Waals surface area contributed by atoms with Crippen LogP contribution in [0.5, 0.6) is 5.75 Å². The van der Waals surface area contributed by atoms with E-state index in [4.69, 9.17) is 17.3 Å². The number of benzene rings is 1. The van der Waals surface area contributed by atoms with Gasteiger partial charge in [0.2, 0.25) is 0 Å². The lowest BCUT2D eigenvalue weighted by Gasteiger charge is -2.06. The van der Waals surface area contributed by atoms with Gasteiger partial charge in [0, 0.05) is 12.1 Å². The first-order valence-corrected chi connectivity index (χ1v) is 3.90. The lowest BCUT2D eigenvalue weighted by Crippen LogP contribution is -2.01. The summed E-state index contributed by atoms with van der Waals surface area (Å²) in [6, 6.07) is 5.10. The van der Waals surface area contributed by atoms with Gasteiger partial charge in [-0.25, -0.2) is 0 Å². The van der Waals surface area contributed by atoms with E-state index in [-0.39, 0.29) is 5.75 Å². The molecule has 64 valence electrons. The van der Waals surface area contributed by atoms with E-state index in [0.29, 0.717) is 22.7 Å². The van der Waals surface area contributed by atoms with Crippen LogP contribution in [0.4, 0.5) is 0 Å². The number of phenolic OH excluding ortho intramolecular Hbond substituents is 1. The molecule has 3 heteroatoms. The summed E-state index contributed by atoms with van der Waals surface area (Å²) in [5.74, 6) is 0.0506. The van der Waals surface area contributed by atoms with Crippen molar-refractivity contribution in [1.82, 2.24) is 0 Å². The smallest absolute Gasteiger partial charge is 0.141 e. The van der Waals surface area contributed by atoms with Crippen molar-refractivity contribution in [3.8, 4) is 5.75 Å². The van der Waals surface area contributed by atoms with Crippen molar-refractivity contribution < 1.29 is 5.11 Å². The van der Waals surface area contributed by atoms with Gasteiger partial charge in [-0.3, -0.25) is 0 Å². The molecular weight excluding hydrogens is 174 g/mol. The molecule has 12 heavy (non-hydrogen) atoms. The van der Waals surface area contributed by atoms with E-state index in [9.17, 15) is 5.11 Å². The average Bonchev–Trinajstić information content (AvgIpc) is 2.08. The van der Waals surface area contributed by atoms with Crippen molar-refractivity contribution in [2.24, 2.45) is 5.73 Å². The highest BCUT2D eigenvalue weighted by molar-refractivity contribution is 6.32. The highest BCUT2D eigenvalue weighted by atomic mass is 35.5. The summed E-state index contributed by atoms with van der Waals surface area (Å²) in [5, 5.41) is 9.77. The van der Waals surface area contributed by atoms with Crippen LogP contribution in [-0.4, -0.2) is 11.7 Å². The van der Waals surface area contributed by atoms with Crippen LogP contribution < -0.4 is 5.73 Å². The minimum absolute atomic E-state index is 0.0506. The second-order valence-electron chi connectivity index (χ2n) is 2.44. The molecule has 0 aliphatic carbocycles. The van der Waals surface area contributed by atoms with Crippen molar-refractivity contribution in [2.75, 3.05) is 6.54 Å². The molecule has 0 saturated carbocycles. The Morgan fingerprint density at radius 2 is 2.25 bits per heavy atom. The zero-order valence-corrected chi connectivity index (χ0v) is 7.30. The average molecular weight is 184 g/mol. The minimum Gasteiger partial charge on any atom is -0.506 e. The van der Waals surface area contributed by atoms with E-state index in [1.165, 1.54) is 0 Å². The van der Waals surface area contributed by atoms with Crippen LogP contribution in [0.15, 0.2) is 24.8 Å². The molecule has 0 aromatic heterocycles. The molecule has 1 aromatic rings. The van der Waals surface area contributed by atoms with Crippen LogP contribution in [0.3, 0.4) is 0 Å². The predicted molar refractivity (Wildman–Crippen MR) is 51.2 cm³/mol. The Kier molecular flexibility index (Phi) is 2.74. The Morgan fingerprint density at radius 3 is 2.83 bits per heavy atom. The molecule has 0 aliphatic heterocycles. The van der Waals surface area contributed by atoms with Gasteiger partial charge < -0.3 is 10.8 Å². The number of rotatable bonds is 2. The molecule has 2 nitrogen and oxygen atoms in total. The van der Waals surface area contributed by atoms with Crippen molar-refractivity contribution in [2.45, 2.75) is 0 Å². The number of halogens is 1. The molecule has 0 aliphatic rings. The van der Waals surface area contributed by atoms with Crippen LogP contribution in [0.1, 0.15) is 5.56 Å². The number of nitrogens with two attached hydrogens (primary N) is 1. The van der Waals surface area contributed by atoms with E-state index in [1.807, 2.05) is 0 Å². The molecule has 0 unspecified atom stereocenters. The quantitative estimate of drug-likeness (QED) is 0.737. The summed E-state index contributed by atoms with van der Waals surface area (Å²) < 4.78 is 0. The molecule has 0 fully saturated rings. The summed E-state index contributed by atoms with van der Waals surface area (Å²) >= 11 is 5.68. The van der Waals surface area contributed by atoms with Gasteiger partial charge in [-0.2, -0.15) is 0 Å². The van der Waals surface area contributed by atoms with E-state index in [2.05, 4.69) is 6.58 Å². The van der Waals surface area contributed by atoms with Gasteiger partial charge >= 0.3 is 0 Å². The normalized spacial score (nSPS) is 9.83. The number of para-hydroxylation sites is 1. The first kappa shape index (κ1) is 9.10. The fraction of sp³-hybridized carbons (Fsp3) is 0.111. The van der Waals surface area contributed by atoms with Crippen molar-refractivity contribution >= 4 is 17.2 Å². The van der Waals surface area contributed by atoms with Gasteiger partial charge in [0.05, 0.1) is 5.02 Å². The van der Waals surface area contributed by atoms with Gasteiger partial charge in [0.15, 0.2) is 0 Å². The maximum absolute atomic E-state index is 9.45. The third kappa shape index (κ3) is 1.60. The highest BCUT2D eigenvalue weighted by Gasteiger charge is 2.06. The van der Waals surface area contributed by atoms with E-state index < -0.39 is 0 Å². The maximum atomic E-state index is 9.45. The molecule has 0 atom stereocenters. The standard InChI is InChI=1S/C9H10ClNO/c1-6(5-11)7-3-2-4-8(10)9(7)12/h2-4,12H,1,5,11H2. The monoisotopic (exact) mass is 183 g/mol. The summed E-state index contributed by atoms with van der Waals surface area (Å²) in [6.45, 7) is 4.02. The molecule has 1 rings (SSSR count). The Morgan fingerprint density at radius 1 is 1.58 bits per heavy atom. The molecule has 1 aromatic carbocycles. The van der Waals surface area contributed by atoms with Crippen LogP contribution in [0.2, 0.25) is 5.02 Å². The lowest BCUT2D eigenvalue weighted by atomic mass is 10.1. The fourth-order valence-corrected chi connectivity index (χ4v) is 1.09. The second kappa shape index (κ2) is 3.61. The molecule has 0 amide bonds. The molecule has 0 spiro atoms. The molecular formula is C9H10ClNO. The highest BCUT2D eigenvalue weighted by Crippen LogP contribution is 2.30. The summed E-state index contributed by atoms with van der Waals surface area (Å²) in [4.78, 5) is 0. The largest absolute Gasteiger partial charge is 0.506 e. The summed E-state index contributed by atoms with van der Waals surface area (Å²) in [7, 11) is 0. The zero-order chi connectivity index (χ0) is 9.14. The van der Waals surface area contributed by atoms with Gasteiger partial charge in [-0.15, -0.1) is 0 Å². The Bertz CT molecular complexity index is 309. The topological polar surface area (TPSA) is 46.2 Å². The number of hydrogen-bond donors (Lipinski definition) is 2. The summed E-state index contributed by atoms with van der Waals surface area (Å²) in [6.07, 6.45) is 0. The molecule has 0 heterocycles. The van der Waals surface area contributed by atoms with Crippen LogP contribution in [-0.2, 0) is 0 Å². The van der Waals surface area contributed by atoms with Crippen molar-refractivity contribution in [1.29, 1.82) is 0 Å². The third-order valence-electron chi connectivity index (χ3n) is 1.61. The minimum atomic E-state index is 0.0506. The number of aromatic hydroxyl groups is 1. The van der Waals surface area contributed by atoms with Gasteiger partial charge in [-0.05, 0) is 11.6 Å². The van der Waals surface area contributed by atoms with Crippen molar-refractivity contribution in [3.63, 3.8) is 0 Å². The molecule has 0 bridgehead atoms. The first-order chi connectivity index (χ1) is 5.66. The van der Waals surface area contributed by atoms with Gasteiger partial charge in [0.1, 0.15) is 5.75 Å². The van der Waals surface area contributed by atoms with E-state index in [1.54, 1.807) is 18.2 Å². The third-order valence-corrected chi connectivity index (χ3v) is 1.92. The zero-order valence-electron chi connectivity index (χ0n) is 6.55. The fourth-order valence-electron chi connectivity index (χ4n) is 0.911. The van der Waals surface area contributed by atoms with Crippen LogP contribution in [0, 0.1) is 0 Å². The molecule has 3 N–H and O–H groups in total. The lowest BCUT2D eigenvalue weighted by molar-refractivity contribution is 0.474. The Hall–Kier alpha value is -0.990. The van der Waals surface area contributed by atoms with Gasteiger partial charge in [-0.1, -0.05) is 30.3 Å².